The number of aliphatic carboxylic acids is 1. The van der Waals surface area contributed by atoms with E-state index >= 15 is 0 Å². The van der Waals surface area contributed by atoms with Crippen molar-refractivity contribution in [2.45, 2.75) is 19.4 Å². The van der Waals surface area contributed by atoms with Crippen LogP contribution in [0.3, 0.4) is 0 Å². The summed E-state index contributed by atoms with van der Waals surface area (Å²) in [6, 6.07) is 0. The molecule has 1 aromatic rings. The molecule has 0 aromatic carbocycles. The van der Waals surface area contributed by atoms with Crippen LogP contribution >= 0.6 is 0 Å². The molecule has 0 atom stereocenters. The van der Waals surface area contributed by atoms with Gasteiger partial charge in [0.15, 0.2) is 0 Å². The summed E-state index contributed by atoms with van der Waals surface area (Å²) in [5.41, 5.74) is 2.96. The van der Waals surface area contributed by atoms with Gasteiger partial charge in [-0.05, 0) is 18.5 Å². The molecule has 2 rings (SSSR count). The monoisotopic (exact) mass is 195 g/mol. The Hall–Kier alpha value is -1.36. The second-order valence-electron chi connectivity index (χ2n) is 3.49. The van der Waals surface area contributed by atoms with Crippen LogP contribution in [0.1, 0.15) is 17.0 Å². The molecule has 2 N–H and O–H groups in total. The normalized spacial score (nSPS) is 15.2. The highest BCUT2D eigenvalue weighted by Crippen LogP contribution is 2.17. The zero-order chi connectivity index (χ0) is 10.1. The molecule has 5 heteroatoms. The zero-order valence-electron chi connectivity index (χ0n) is 8.08. The quantitative estimate of drug-likeness (QED) is 0.679. The molecule has 0 spiro atoms. The maximum atomic E-state index is 10.6. The molecule has 14 heavy (non-hydrogen) atoms. The van der Waals surface area contributed by atoms with E-state index in [0.29, 0.717) is 0 Å². The molecule has 0 saturated carbocycles. The fourth-order valence-electron chi connectivity index (χ4n) is 1.88. The lowest BCUT2D eigenvalue weighted by Crippen LogP contribution is -2.23. The lowest BCUT2D eigenvalue weighted by Gasteiger charge is -2.11. The highest BCUT2D eigenvalue weighted by Gasteiger charge is 2.20. The lowest BCUT2D eigenvalue weighted by atomic mass is 10.0. The van der Waals surface area contributed by atoms with E-state index in [1.165, 1.54) is 0 Å². The Morgan fingerprint density at radius 3 is 3.21 bits per heavy atom. The first-order valence-corrected chi connectivity index (χ1v) is 4.64. The van der Waals surface area contributed by atoms with Crippen molar-refractivity contribution in [3.63, 3.8) is 0 Å². The van der Waals surface area contributed by atoms with Crippen LogP contribution in [0.5, 0.6) is 0 Å². The van der Waals surface area contributed by atoms with Crippen LogP contribution in [-0.4, -0.2) is 27.4 Å². The molecule has 0 saturated heterocycles. The summed E-state index contributed by atoms with van der Waals surface area (Å²) in [5, 5.41) is 16.3. The molecule has 0 fully saturated rings. The minimum absolute atomic E-state index is 0.0683. The molecule has 0 radical (unpaired) electrons. The van der Waals surface area contributed by atoms with Gasteiger partial charge in [0.2, 0.25) is 0 Å². The predicted octanol–water partition coefficient (Wildman–Crippen LogP) is -0.307. The largest absolute Gasteiger partial charge is 0.481 e. The molecule has 0 bridgehead atoms. The Bertz CT molecular complexity index is 370. The first kappa shape index (κ1) is 9.21. The smallest absolute Gasteiger partial charge is 0.309 e. The van der Waals surface area contributed by atoms with Crippen molar-refractivity contribution in [3.8, 4) is 0 Å². The minimum Gasteiger partial charge on any atom is -0.481 e. The third-order valence-corrected chi connectivity index (χ3v) is 2.52. The van der Waals surface area contributed by atoms with Crippen molar-refractivity contribution < 1.29 is 9.90 Å². The maximum absolute atomic E-state index is 10.6. The standard InChI is InChI=1S/C9H13N3O2/c1-12-8(4-9(13)14)6-2-3-10-5-7(6)11-12/h10H,2-5H2,1H3,(H,13,14). The van der Waals surface area contributed by atoms with Crippen molar-refractivity contribution in [1.82, 2.24) is 15.1 Å². The van der Waals surface area contributed by atoms with Crippen LogP contribution < -0.4 is 5.32 Å². The predicted molar refractivity (Wildman–Crippen MR) is 50.0 cm³/mol. The number of aromatic nitrogens is 2. The van der Waals surface area contributed by atoms with Gasteiger partial charge in [0, 0.05) is 13.6 Å². The minimum atomic E-state index is -0.797. The van der Waals surface area contributed by atoms with Crippen molar-refractivity contribution in [1.29, 1.82) is 0 Å². The van der Waals surface area contributed by atoms with Crippen LogP contribution in [0, 0.1) is 0 Å². The number of aryl methyl sites for hydroxylation is 1. The van der Waals surface area contributed by atoms with Crippen LogP contribution in [0.25, 0.3) is 0 Å². The molecule has 2 heterocycles. The second kappa shape index (κ2) is 3.42. The molecule has 0 amide bonds. The highest BCUT2D eigenvalue weighted by molar-refractivity contribution is 5.70. The van der Waals surface area contributed by atoms with Gasteiger partial charge in [0.25, 0.3) is 0 Å². The number of hydrogen-bond acceptors (Lipinski definition) is 3. The van der Waals surface area contributed by atoms with Crippen molar-refractivity contribution >= 4 is 5.97 Å². The molecule has 1 aliphatic rings. The first-order valence-electron chi connectivity index (χ1n) is 4.64. The number of carboxylic acids is 1. The van der Waals surface area contributed by atoms with E-state index in [9.17, 15) is 4.79 Å². The van der Waals surface area contributed by atoms with Crippen molar-refractivity contribution in [2.24, 2.45) is 7.05 Å². The highest BCUT2D eigenvalue weighted by atomic mass is 16.4. The summed E-state index contributed by atoms with van der Waals surface area (Å²) in [4.78, 5) is 10.6. The number of fused-ring (bicyclic) bond motifs is 1. The summed E-state index contributed by atoms with van der Waals surface area (Å²) >= 11 is 0. The first-order chi connectivity index (χ1) is 6.68. The topological polar surface area (TPSA) is 67.2 Å². The molecule has 0 aliphatic carbocycles. The molecule has 0 unspecified atom stereocenters. The summed E-state index contributed by atoms with van der Waals surface area (Å²) < 4.78 is 1.69. The van der Waals surface area contributed by atoms with E-state index in [1.54, 1.807) is 11.7 Å². The molecule has 1 aromatic heterocycles. The van der Waals surface area contributed by atoms with Gasteiger partial charge in [-0.1, -0.05) is 0 Å². The zero-order valence-corrected chi connectivity index (χ0v) is 8.08. The summed E-state index contributed by atoms with van der Waals surface area (Å²) in [5.74, 6) is -0.797. The number of rotatable bonds is 2. The van der Waals surface area contributed by atoms with Gasteiger partial charge in [0.05, 0.1) is 17.8 Å². The average Bonchev–Trinajstić information content (AvgIpc) is 2.43. The van der Waals surface area contributed by atoms with Crippen LogP contribution in [0.4, 0.5) is 0 Å². The van der Waals surface area contributed by atoms with Gasteiger partial charge in [0.1, 0.15) is 0 Å². The molecular weight excluding hydrogens is 182 g/mol. The lowest BCUT2D eigenvalue weighted by molar-refractivity contribution is -0.136. The van der Waals surface area contributed by atoms with Gasteiger partial charge in [-0.25, -0.2) is 0 Å². The van der Waals surface area contributed by atoms with Gasteiger partial charge in [-0.2, -0.15) is 5.10 Å². The Morgan fingerprint density at radius 1 is 1.71 bits per heavy atom. The number of carboxylic acid groups (broad SMARTS) is 1. The second-order valence-corrected chi connectivity index (χ2v) is 3.49. The third kappa shape index (κ3) is 1.50. The van der Waals surface area contributed by atoms with E-state index in [-0.39, 0.29) is 6.42 Å². The van der Waals surface area contributed by atoms with Crippen LogP contribution in [0.15, 0.2) is 0 Å². The Balaban J connectivity index is 2.37. The Morgan fingerprint density at radius 2 is 2.50 bits per heavy atom. The van der Waals surface area contributed by atoms with Gasteiger partial charge in [-0.15, -0.1) is 0 Å². The van der Waals surface area contributed by atoms with Crippen molar-refractivity contribution in [2.75, 3.05) is 6.54 Å². The number of nitrogens with one attached hydrogen (secondary N) is 1. The number of hydrogen-bond donors (Lipinski definition) is 2. The van der Waals surface area contributed by atoms with E-state index in [4.69, 9.17) is 5.11 Å². The SMILES string of the molecule is Cn1nc2c(c1CC(=O)O)CCNC2. The fourth-order valence-corrected chi connectivity index (χ4v) is 1.88. The van der Waals surface area contributed by atoms with Crippen molar-refractivity contribution in [3.05, 3.63) is 17.0 Å². The molecule has 76 valence electrons. The van der Waals surface area contributed by atoms with E-state index in [2.05, 4.69) is 10.4 Å². The number of nitrogens with zero attached hydrogens (tertiary/aromatic N) is 2. The number of carbonyl (C=O) groups is 1. The van der Waals surface area contributed by atoms with E-state index in [1.807, 2.05) is 0 Å². The Kier molecular flexibility index (Phi) is 2.25. The van der Waals surface area contributed by atoms with Crippen LogP contribution in [-0.2, 0) is 31.2 Å². The van der Waals surface area contributed by atoms with Crippen LogP contribution in [0.2, 0.25) is 0 Å². The van der Waals surface area contributed by atoms with E-state index < -0.39 is 5.97 Å². The summed E-state index contributed by atoms with van der Waals surface area (Å²) in [6.07, 6.45) is 0.949. The fraction of sp³-hybridized carbons (Fsp3) is 0.556. The third-order valence-electron chi connectivity index (χ3n) is 2.52. The summed E-state index contributed by atoms with van der Waals surface area (Å²) in [7, 11) is 1.80. The Labute approximate surface area is 81.7 Å². The van der Waals surface area contributed by atoms with Gasteiger partial charge >= 0.3 is 5.97 Å². The summed E-state index contributed by atoms with van der Waals surface area (Å²) in [6.45, 7) is 1.66. The van der Waals surface area contributed by atoms with Gasteiger partial charge in [-0.3, -0.25) is 9.48 Å². The molecule has 1 aliphatic heterocycles. The molecule has 5 nitrogen and oxygen atoms in total. The van der Waals surface area contributed by atoms with Gasteiger partial charge < -0.3 is 10.4 Å². The average molecular weight is 195 g/mol. The maximum Gasteiger partial charge on any atom is 0.309 e. The van der Waals surface area contributed by atoms with E-state index in [0.717, 1.165) is 36.5 Å². The molecular formula is C9H13N3O2.